The van der Waals surface area contributed by atoms with Crippen molar-refractivity contribution in [3.8, 4) is 0 Å². The minimum atomic E-state index is -4.27. The van der Waals surface area contributed by atoms with Crippen molar-refractivity contribution in [2.24, 2.45) is 0 Å². The first-order chi connectivity index (χ1) is 8.79. The van der Waals surface area contributed by atoms with Gasteiger partial charge in [0.05, 0.1) is 5.56 Å². The highest BCUT2D eigenvalue weighted by Crippen LogP contribution is 2.29. The second kappa shape index (κ2) is 5.38. The molecule has 0 saturated heterocycles. The van der Waals surface area contributed by atoms with Gasteiger partial charge in [-0.2, -0.15) is 0 Å². The van der Waals surface area contributed by atoms with Crippen molar-refractivity contribution in [2.75, 3.05) is 0 Å². The van der Waals surface area contributed by atoms with Crippen LogP contribution in [0.4, 0.5) is 4.39 Å². The first-order valence-corrected chi connectivity index (χ1v) is 8.54. The van der Waals surface area contributed by atoms with Crippen LogP contribution in [-0.4, -0.2) is 20.5 Å². The summed E-state index contributed by atoms with van der Waals surface area (Å²) in [6, 6.07) is 2.17. The Kier molecular flexibility index (Phi) is 4.17. The van der Waals surface area contributed by atoms with Gasteiger partial charge in [-0.3, -0.25) is 0 Å². The lowest BCUT2D eigenvalue weighted by atomic mass is 9.96. The number of hydrogen-bond acceptors (Lipinski definition) is 4. The van der Waals surface area contributed by atoms with Crippen molar-refractivity contribution in [2.45, 2.75) is 30.3 Å². The lowest BCUT2D eigenvalue weighted by Gasteiger charge is -2.25. The van der Waals surface area contributed by atoms with E-state index in [1.165, 1.54) is 6.07 Å². The minimum absolute atomic E-state index is 0.220. The quantitative estimate of drug-likeness (QED) is 0.604. The largest absolute Gasteiger partial charge is 0.459 e. The zero-order valence-electron chi connectivity index (χ0n) is 9.53. The summed E-state index contributed by atoms with van der Waals surface area (Å²) in [5.41, 5.74) is -0.444. The molecule has 0 amide bonds. The Morgan fingerprint density at radius 3 is 2.53 bits per heavy atom. The molecule has 0 aliphatic heterocycles. The van der Waals surface area contributed by atoms with E-state index in [1.807, 2.05) is 0 Å². The number of benzene rings is 1. The topological polar surface area (TPSA) is 60.4 Å². The fourth-order valence-electron chi connectivity index (χ4n) is 1.59. The average molecular weight is 372 g/mol. The van der Waals surface area contributed by atoms with Gasteiger partial charge in [-0.25, -0.2) is 17.6 Å². The van der Waals surface area contributed by atoms with Gasteiger partial charge in [-0.1, -0.05) is 15.9 Å². The van der Waals surface area contributed by atoms with Gasteiger partial charge in [-0.05, 0) is 31.4 Å². The molecule has 1 fully saturated rings. The third-order valence-corrected chi connectivity index (χ3v) is 4.59. The summed E-state index contributed by atoms with van der Waals surface area (Å²) in [6.45, 7) is 0. The molecule has 0 aromatic heterocycles. The molecule has 8 heteroatoms. The third-order valence-electron chi connectivity index (χ3n) is 2.81. The fraction of sp³-hybridized carbons (Fsp3) is 0.364. The molecule has 0 N–H and O–H groups in total. The summed E-state index contributed by atoms with van der Waals surface area (Å²) in [5, 5.41) is 0. The van der Waals surface area contributed by atoms with Crippen LogP contribution in [0.2, 0.25) is 0 Å². The first-order valence-electron chi connectivity index (χ1n) is 5.43. The van der Waals surface area contributed by atoms with Crippen molar-refractivity contribution >= 4 is 41.6 Å². The Hall–Kier alpha value is -0.660. The van der Waals surface area contributed by atoms with Gasteiger partial charge in [0.2, 0.25) is 0 Å². The van der Waals surface area contributed by atoms with E-state index in [-0.39, 0.29) is 10.6 Å². The predicted molar refractivity (Wildman–Crippen MR) is 70.2 cm³/mol. The Bertz CT molecular complexity index is 628. The van der Waals surface area contributed by atoms with Crippen LogP contribution in [0.3, 0.4) is 0 Å². The lowest BCUT2D eigenvalue weighted by Crippen LogP contribution is -2.25. The molecule has 2 rings (SSSR count). The number of rotatable bonds is 3. The molecule has 0 radical (unpaired) electrons. The van der Waals surface area contributed by atoms with E-state index in [2.05, 4.69) is 15.9 Å². The maximum atomic E-state index is 14.0. The highest BCUT2D eigenvalue weighted by Gasteiger charge is 2.28. The van der Waals surface area contributed by atoms with Gasteiger partial charge in [0.1, 0.15) is 11.0 Å². The molecule has 4 nitrogen and oxygen atoms in total. The number of carbonyl (C=O) groups excluding carboxylic acids is 1. The van der Waals surface area contributed by atoms with E-state index >= 15 is 0 Å². The van der Waals surface area contributed by atoms with Crippen LogP contribution >= 0.6 is 26.6 Å². The van der Waals surface area contributed by atoms with Crippen molar-refractivity contribution in [1.29, 1.82) is 0 Å². The summed E-state index contributed by atoms with van der Waals surface area (Å²) >= 11 is 3.01. The molecule has 0 bridgehead atoms. The molecule has 0 heterocycles. The van der Waals surface area contributed by atoms with E-state index in [0.29, 0.717) is 0 Å². The number of esters is 1. The maximum Gasteiger partial charge on any atom is 0.341 e. The maximum absolute atomic E-state index is 14.0. The summed E-state index contributed by atoms with van der Waals surface area (Å²) in [7, 11) is 0.843. The SMILES string of the molecule is O=C(OC1CCC1)c1cc(Br)cc(S(=O)(=O)Cl)c1F. The molecule has 0 spiro atoms. The van der Waals surface area contributed by atoms with Gasteiger partial charge in [-0.15, -0.1) is 0 Å². The molecule has 1 aromatic carbocycles. The van der Waals surface area contributed by atoms with Crippen LogP contribution in [0.1, 0.15) is 29.6 Å². The highest BCUT2D eigenvalue weighted by molar-refractivity contribution is 9.10. The Morgan fingerprint density at radius 2 is 2.05 bits per heavy atom. The van der Waals surface area contributed by atoms with E-state index < -0.39 is 31.3 Å². The van der Waals surface area contributed by atoms with Gasteiger partial charge in [0.15, 0.2) is 5.82 Å². The molecule has 1 aliphatic rings. The van der Waals surface area contributed by atoms with Crippen LogP contribution in [0.25, 0.3) is 0 Å². The van der Waals surface area contributed by atoms with E-state index in [4.69, 9.17) is 15.4 Å². The van der Waals surface area contributed by atoms with Crippen LogP contribution in [0.5, 0.6) is 0 Å². The third kappa shape index (κ3) is 3.27. The number of halogens is 3. The minimum Gasteiger partial charge on any atom is -0.459 e. The summed E-state index contributed by atoms with van der Waals surface area (Å²) in [5.74, 6) is -2.08. The molecule has 104 valence electrons. The molecular weight excluding hydrogens is 363 g/mol. The summed E-state index contributed by atoms with van der Waals surface area (Å²) < 4.78 is 41.7. The summed E-state index contributed by atoms with van der Waals surface area (Å²) in [6.07, 6.45) is 2.21. The molecule has 0 atom stereocenters. The number of hydrogen-bond donors (Lipinski definition) is 0. The van der Waals surface area contributed by atoms with Gasteiger partial charge in [0.25, 0.3) is 9.05 Å². The molecular formula is C11H9BrClFO4S. The predicted octanol–water partition coefficient (Wildman–Crippen LogP) is 3.23. The molecule has 1 aromatic rings. The molecule has 0 unspecified atom stereocenters. The Labute approximate surface area is 122 Å². The lowest BCUT2D eigenvalue weighted by molar-refractivity contribution is 0.00847. The van der Waals surface area contributed by atoms with Crippen LogP contribution in [-0.2, 0) is 13.8 Å². The normalized spacial score (nSPS) is 15.9. The van der Waals surface area contributed by atoms with Gasteiger partial charge in [0, 0.05) is 15.2 Å². The monoisotopic (exact) mass is 370 g/mol. The Morgan fingerprint density at radius 1 is 1.42 bits per heavy atom. The second-order valence-electron chi connectivity index (χ2n) is 4.16. The van der Waals surface area contributed by atoms with Crippen LogP contribution in [0, 0.1) is 5.82 Å². The molecule has 1 saturated carbocycles. The van der Waals surface area contributed by atoms with E-state index in [0.717, 1.165) is 25.3 Å². The smallest absolute Gasteiger partial charge is 0.341 e. The van der Waals surface area contributed by atoms with Crippen molar-refractivity contribution in [1.82, 2.24) is 0 Å². The summed E-state index contributed by atoms with van der Waals surface area (Å²) in [4.78, 5) is 11.0. The molecule has 19 heavy (non-hydrogen) atoms. The fourth-order valence-corrected chi connectivity index (χ4v) is 3.13. The standard InChI is InChI=1S/C11H9BrClFO4S/c12-6-4-8(11(15)18-7-2-1-3-7)10(14)9(5-6)19(13,16)17/h4-5,7H,1-3H2. The van der Waals surface area contributed by atoms with Crippen molar-refractivity contribution < 1.29 is 22.3 Å². The van der Waals surface area contributed by atoms with Crippen LogP contribution in [0.15, 0.2) is 21.5 Å². The van der Waals surface area contributed by atoms with E-state index in [1.54, 1.807) is 0 Å². The molecule has 1 aliphatic carbocycles. The van der Waals surface area contributed by atoms with Crippen molar-refractivity contribution in [3.05, 3.63) is 28.0 Å². The second-order valence-corrected chi connectivity index (χ2v) is 7.61. The van der Waals surface area contributed by atoms with Gasteiger partial charge < -0.3 is 4.74 Å². The highest BCUT2D eigenvalue weighted by atomic mass is 79.9. The zero-order chi connectivity index (χ0) is 14.2. The average Bonchev–Trinajstić information content (AvgIpc) is 2.24. The van der Waals surface area contributed by atoms with Crippen molar-refractivity contribution in [3.63, 3.8) is 0 Å². The zero-order valence-corrected chi connectivity index (χ0v) is 12.7. The van der Waals surface area contributed by atoms with Gasteiger partial charge >= 0.3 is 5.97 Å². The van der Waals surface area contributed by atoms with E-state index in [9.17, 15) is 17.6 Å². The van der Waals surface area contributed by atoms with Crippen LogP contribution < -0.4 is 0 Å². The first kappa shape index (κ1) is 14.7. The number of ether oxygens (including phenoxy) is 1. The Balaban J connectivity index is 2.39. The number of carbonyl (C=O) groups is 1.